The second-order valence-corrected chi connectivity index (χ2v) is 7.98. The molecule has 0 saturated heterocycles. The summed E-state index contributed by atoms with van der Waals surface area (Å²) in [5, 5.41) is 7.59. The molecule has 0 aliphatic carbocycles. The molecule has 1 aromatic carbocycles. The Hall–Kier alpha value is -3.22. The summed E-state index contributed by atoms with van der Waals surface area (Å²) in [5.74, 6) is 0.361. The van der Waals surface area contributed by atoms with Gasteiger partial charge in [0.1, 0.15) is 0 Å². The normalized spacial score (nSPS) is 11.0. The van der Waals surface area contributed by atoms with E-state index in [-0.39, 0.29) is 11.5 Å². The Bertz CT molecular complexity index is 1160. The minimum Gasteiger partial charge on any atom is -0.326 e. The van der Waals surface area contributed by atoms with Crippen LogP contribution in [0.3, 0.4) is 0 Å². The van der Waals surface area contributed by atoms with Crippen LogP contribution in [-0.4, -0.2) is 25.7 Å². The lowest BCUT2D eigenvalue weighted by molar-refractivity contribution is -0.116. The molecule has 30 heavy (non-hydrogen) atoms. The third-order valence-electron chi connectivity index (χ3n) is 5.57. The molecule has 0 aliphatic rings. The number of hydrogen-bond acceptors (Lipinski definition) is 4. The summed E-state index contributed by atoms with van der Waals surface area (Å²) in [5.41, 5.74) is 7.96. The predicted molar refractivity (Wildman–Crippen MR) is 119 cm³/mol. The largest absolute Gasteiger partial charge is 0.326 e. The zero-order chi connectivity index (χ0) is 22.2. The van der Waals surface area contributed by atoms with Crippen LogP contribution < -0.4 is 10.9 Å². The zero-order valence-corrected chi connectivity index (χ0v) is 18.7. The molecule has 0 bridgehead atoms. The molecule has 0 spiro atoms. The third-order valence-corrected chi connectivity index (χ3v) is 5.57. The minimum absolute atomic E-state index is 0.0330. The fraction of sp³-hybridized carbons (Fsp3) is 0.391. The molecule has 0 unspecified atom stereocenters. The molecular weight excluding hydrogens is 378 g/mol. The Labute approximate surface area is 176 Å². The van der Waals surface area contributed by atoms with E-state index < -0.39 is 0 Å². The number of aromatic amines is 1. The van der Waals surface area contributed by atoms with Crippen molar-refractivity contribution in [2.24, 2.45) is 0 Å². The minimum atomic E-state index is -0.171. The van der Waals surface area contributed by atoms with Crippen LogP contribution in [0, 0.1) is 48.5 Å². The van der Waals surface area contributed by atoms with E-state index in [0.717, 1.165) is 33.8 Å². The highest BCUT2D eigenvalue weighted by molar-refractivity contribution is 5.92. The van der Waals surface area contributed by atoms with E-state index in [1.165, 1.54) is 5.56 Å². The summed E-state index contributed by atoms with van der Waals surface area (Å²) in [4.78, 5) is 32.0. The number of aromatic nitrogens is 4. The molecule has 158 valence electrons. The van der Waals surface area contributed by atoms with Crippen molar-refractivity contribution in [3.05, 3.63) is 67.4 Å². The second-order valence-electron chi connectivity index (χ2n) is 7.98. The molecule has 2 heterocycles. The summed E-state index contributed by atoms with van der Waals surface area (Å²) in [6.45, 7) is 13.4. The van der Waals surface area contributed by atoms with Gasteiger partial charge in [-0.15, -0.1) is 0 Å². The Morgan fingerprint density at radius 1 is 1.03 bits per heavy atom. The van der Waals surface area contributed by atoms with Gasteiger partial charge in [-0.3, -0.25) is 14.6 Å². The Balaban J connectivity index is 1.79. The van der Waals surface area contributed by atoms with Gasteiger partial charge in [0.25, 0.3) is 5.56 Å². The molecule has 3 aromatic rings. The van der Waals surface area contributed by atoms with Crippen molar-refractivity contribution >= 4 is 11.6 Å². The molecule has 2 N–H and O–H groups in total. The van der Waals surface area contributed by atoms with Crippen LogP contribution in [0.1, 0.15) is 51.3 Å². The molecule has 0 aliphatic heterocycles. The summed E-state index contributed by atoms with van der Waals surface area (Å²) in [6.07, 6.45) is 0.902. The number of H-pyrrole nitrogens is 1. The van der Waals surface area contributed by atoms with E-state index in [4.69, 9.17) is 0 Å². The molecule has 2 aromatic heterocycles. The van der Waals surface area contributed by atoms with Crippen LogP contribution in [0.15, 0.2) is 16.9 Å². The number of nitrogens with one attached hydrogen (secondary N) is 2. The number of anilines is 1. The summed E-state index contributed by atoms with van der Waals surface area (Å²) in [7, 11) is 0. The number of hydrogen-bond donors (Lipinski definition) is 2. The highest BCUT2D eigenvalue weighted by Crippen LogP contribution is 2.23. The van der Waals surface area contributed by atoms with Gasteiger partial charge in [-0.1, -0.05) is 17.7 Å². The van der Waals surface area contributed by atoms with Gasteiger partial charge in [0.05, 0.1) is 5.69 Å². The molecule has 7 nitrogen and oxygen atoms in total. The average Bonchev–Trinajstić information content (AvgIpc) is 2.94. The monoisotopic (exact) mass is 407 g/mol. The second kappa shape index (κ2) is 8.26. The molecule has 0 radical (unpaired) electrons. The Kier molecular flexibility index (Phi) is 5.92. The van der Waals surface area contributed by atoms with Gasteiger partial charge in [-0.25, -0.2) is 9.67 Å². The van der Waals surface area contributed by atoms with E-state index in [1.54, 1.807) is 18.5 Å². The quantitative estimate of drug-likeness (QED) is 0.675. The number of aryl methyl sites for hydroxylation is 5. The lowest BCUT2D eigenvalue weighted by Gasteiger charge is -2.13. The van der Waals surface area contributed by atoms with Crippen molar-refractivity contribution < 1.29 is 4.79 Å². The Morgan fingerprint density at radius 2 is 1.67 bits per heavy atom. The maximum absolute atomic E-state index is 12.6. The number of amides is 1. The molecule has 3 rings (SSSR count). The molecular formula is C23H29N5O2. The van der Waals surface area contributed by atoms with Crippen molar-refractivity contribution in [2.75, 3.05) is 5.32 Å². The van der Waals surface area contributed by atoms with E-state index in [0.29, 0.717) is 30.0 Å². The van der Waals surface area contributed by atoms with E-state index >= 15 is 0 Å². The van der Waals surface area contributed by atoms with E-state index in [9.17, 15) is 9.59 Å². The number of rotatable bonds is 5. The maximum atomic E-state index is 12.6. The van der Waals surface area contributed by atoms with Gasteiger partial charge in [0.15, 0.2) is 0 Å². The molecule has 0 saturated carbocycles. The van der Waals surface area contributed by atoms with Gasteiger partial charge >= 0.3 is 0 Å². The summed E-state index contributed by atoms with van der Waals surface area (Å²) >= 11 is 0. The van der Waals surface area contributed by atoms with E-state index in [1.807, 2.05) is 34.6 Å². The van der Waals surface area contributed by atoms with Crippen molar-refractivity contribution in [3.8, 4) is 5.95 Å². The number of nitrogens with zero attached hydrogens (tertiary/aromatic N) is 3. The van der Waals surface area contributed by atoms with Crippen LogP contribution >= 0.6 is 0 Å². The predicted octanol–water partition coefficient (Wildman–Crippen LogP) is 3.69. The van der Waals surface area contributed by atoms with E-state index in [2.05, 4.69) is 32.5 Å². The van der Waals surface area contributed by atoms with Crippen molar-refractivity contribution in [3.63, 3.8) is 0 Å². The Morgan fingerprint density at radius 3 is 2.27 bits per heavy atom. The SMILES string of the molecule is Cc1cc(C)c(NC(=O)CCc2c(C)nn(-c3nc(C)c(C)c(=O)[nH]3)c2C)c(C)c1. The fourth-order valence-electron chi connectivity index (χ4n) is 3.79. The molecule has 7 heteroatoms. The van der Waals surface area contributed by atoms with Gasteiger partial charge in [0.2, 0.25) is 11.9 Å². The van der Waals surface area contributed by atoms with Crippen molar-refractivity contribution in [1.29, 1.82) is 0 Å². The third kappa shape index (κ3) is 4.20. The smallest absolute Gasteiger partial charge is 0.255 e. The first-order valence-electron chi connectivity index (χ1n) is 10.1. The highest BCUT2D eigenvalue weighted by Gasteiger charge is 2.17. The summed E-state index contributed by atoms with van der Waals surface area (Å²) < 4.78 is 1.64. The lowest BCUT2D eigenvalue weighted by atomic mass is 10.0. The first kappa shape index (κ1) is 21.5. The standard InChI is InChI=1S/C23H29N5O2/c1-12-10-13(2)21(14(3)11-12)25-20(29)9-8-19-17(6)27-28(18(19)7)23-24-16(5)15(4)22(30)26-23/h10-11H,8-9H2,1-7H3,(H,25,29)(H,24,26,30). The van der Waals surface area contributed by atoms with Gasteiger partial charge in [0, 0.05) is 29.1 Å². The zero-order valence-electron chi connectivity index (χ0n) is 18.7. The van der Waals surface area contributed by atoms with Crippen molar-refractivity contribution in [1.82, 2.24) is 19.7 Å². The highest BCUT2D eigenvalue weighted by atomic mass is 16.1. The van der Waals surface area contributed by atoms with Crippen LogP contribution in [0.5, 0.6) is 0 Å². The maximum Gasteiger partial charge on any atom is 0.255 e. The topological polar surface area (TPSA) is 92.7 Å². The van der Waals surface area contributed by atoms with Crippen LogP contribution in [0.4, 0.5) is 5.69 Å². The van der Waals surface area contributed by atoms with Gasteiger partial charge in [-0.05, 0) is 71.6 Å². The fourth-order valence-corrected chi connectivity index (χ4v) is 3.79. The van der Waals surface area contributed by atoms with Crippen LogP contribution in [0.25, 0.3) is 5.95 Å². The number of carbonyl (C=O) groups is 1. The molecule has 1 amide bonds. The first-order valence-corrected chi connectivity index (χ1v) is 10.1. The lowest BCUT2D eigenvalue weighted by Crippen LogP contribution is -2.18. The average molecular weight is 408 g/mol. The van der Waals surface area contributed by atoms with Crippen molar-refractivity contribution in [2.45, 2.75) is 61.3 Å². The van der Waals surface area contributed by atoms with Crippen LogP contribution in [-0.2, 0) is 11.2 Å². The summed E-state index contributed by atoms with van der Waals surface area (Å²) in [6, 6.07) is 4.14. The molecule has 0 atom stereocenters. The molecule has 0 fully saturated rings. The first-order chi connectivity index (χ1) is 14.1. The number of carbonyl (C=O) groups excluding carboxylic acids is 1. The van der Waals surface area contributed by atoms with Crippen LogP contribution in [0.2, 0.25) is 0 Å². The van der Waals surface area contributed by atoms with Gasteiger partial charge < -0.3 is 5.32 Å². The van der Waals surface area contributed by atoms with Gasteiger partial charge in [-0.2, -0.15) is 5.10 Å². The number of benzene rings is 1.